The molecule has 0 fully saturated rings. The van der Waals surface area contributed by atoms with Crippen LogP contribution >= 0.6 is 0 Å². The monoisotopic (exact) mass is 316 g/mol. The van der Waals surface area contributed by atoms with E-state index in [9.17, 15) is 8.42 Å². The lowest BCUT2D eigenvalue weighted by Gasteiger charge is -2.14. The number of fused-ring (bicyclic) bond motifs is 1. The average Bonchev–Trinajstić information content (AvgIpc) is 2.90. The van der Waals surface area contributed by atoms with Crippen molar-refractivity contribution < 1.29 is 12.8 Å². The van der Waals surface area contributed by atoms with Crippen molar-refractivity contribution in [3.63, 3.8) is 0 Å². The quantitative estimate of drug-likeness (QED) is 0.802. The van der Waals surface area contributed by atoms with Gasteiger partial charge in [-0.15, -0.1) is 0 Å². The molecule has 0 spiro atoms. The summed E-state index contributed by atoms with van der Waals surface area (Å²) in [5.74, 6) is 0. The van der Waals surface area contributed by atoms with Crippen LogP contribution in [0.5, 0.6) is 0 Å². The predicted molar refractivity (Wildman–Crippen MR) is 85.5 cm³/mol. The molecule has 0 aliphatic rings. The minimum atomic E-state index is -3.68. The standard InChI is InChI=1S/C16H16N2O3S/c1-10-6-11(2)16(12(3)7-10)18-22(19,20)13-4-5-14-15(8-13)21-9-17-14/h4-9,18H,1-3H3. The SMILES string of the molecule is Cc1cc(C)c(NS(=O)(=O)c2ccc3ncoc3c2)c(C)c1. The summed E-state index contributed by atoms with van der Waals surface area (Å²) in [6.45, 7) is 5.76. The van der Waals surface area contributed by atoms with E-state index in [1.54, 1.807) is 6.07 Å². The van der Waals surface area contributed by atoms with Crippen LogP contribution in [0.15, 0.2) is 46.0 Å². The van der Waals surface area contributed by atoms with Gasteiger partial charge >= 0.3 is 0 Å². The fourth-order valence-electron chi connectivity index (χ4n) is 2.54. The first kappa shape index (κ1) is 14.6. The van der Waals surface area contributed by atoms with Crippen molar-refractivity contribution in [1.29, 1.82) is 0 Å². The normalized spacial score (nSPS) is 11.8. The predicted octanol–water partition coefficient (Wildman–Crippen LogP) is 3.55. The summed E-state index contributed by atoms with van der Waals surface area (Å²) in [6.07, 6.45) is 1.29. The van der Waals surface area contributed by atoms with Crippen LogP contribution < -0.4 is 4.72 Å². The van der Waals surface area contributed by atoms with E-state index in [0.29, 0.717) is 16.8 Å². The maximum absolute atomic E-state index is 12.6. The number of hydrogen-bond donors (Lipinski definition) is 1. The van der Waals surface area contributed by atoms with E-state index in [2.05, 4.69) is 9.71 Å². The van der Waals surface area contributed by atoms with E-state index in [-0.39, 0.29) is 4.90 Å². The molecule has 0 radical (unpaired) electrons. The first-order chi connectivity index (χ1) is 10.4. The number of sulfonamides is 1. The largest absolute Gasteiger partial charge is 0.443 e. The van der Waals surface area contributed by atoms with E-state index in [0.717, 1.165) is 16.7 Å². The Hall–Kier alpha value is -2.34. The summed E-state index contributed by atoms with van der Waals surface area (Å²) in [4.78, 5) is 4.13. The van der Waals surface area contributed by atoms with Gasteiger partial charge in [-0.1, -0.05) is 17.7 Å². The van der Waals surface area contributed by atoms with Gasteiger partial charge in [0.2, 0.25) is 0 Å². The Morgan fingerprint density at radius 3 is 2.41 bits per heavy atom. The molecular formula is C16H16N2O3S. The molecule has 0 aliphatic heterocycles. The van der Waals surface area contributed by atoms with E-state index >= 15 is 0 Å². The van der Waals surface area contributed by atoms with Crippen molar-refractivity contribution in [2.75, 3.05) is 4.72 Å². The summed E-state index contributed by atoms with van der Waals surface area (Å²) >= 11 is 0. The Bertz CT molecular complexity index is 935. The number of nitrogens with zero attached hydrogens (tertiary/aromatic N) is 1. The van der Waals surface area contributed by atoms with Gasteiger partial charge in [0, 0.05) is 6.07 Å². The number of hydrogen-bond acceptors (Lipinski definition) is 4. The molecule has 2 aromatic carbocycles. The Kier molecular flexibility index (Phi) is 3.41. The summed E-state index contributed by atoms with van der Waals surface area (Å²) in [7, 11) is -3.68. The van der Waals surface area contributed by atoms with Crippen LogP contribution in [-0.2, 0) is 10.0 Å². The molecule has 1 N–H and O–H groups in total. The minimum Gasteiger partial charge on any atom is -0.443 e. The highest BCUT2D eigenvalue weighted by atomic mass is 32.2. The lowest BCUT2D eigenvalue weighted by molar-refractivity contribution is 0.594. The number of oxazole rings is 1. The molecule has 6 heteroatoms. The molecule has 0 bridgehead atoms. The van der Waals surface area contributed by atoms with Crippen molar-refractivity contribution in [2.24, 2.45) is 0 Å². The van der Waals surface area contributed by atoms with Crippen LogP contribution in [0.25, 0.3) is 11.1 Å². The highest BCUT2D eigenvalue weighted by Gasteiger charge is 2.18. The van der Waals surface area contributed by atoms with Gasteiger partial charge in [-0.3, -0.25) is 4.72 Å². The lowest BCUT2D eigenvalue weighted by Crippen LogP contribution is -2.14. The van der Waals surface area contributed by atoms with Gasteiger partial charge in [0.05, 0.1) is 10.6 Å². The van der Waals surface area contributed by atoms with Crippen LogP contribution in [0.3, 0.4) is 0 Å². The van der Waals surface area contributed by atoms with Gasteiger partial charge in [-0.05, 0) is 44.0 Å². The molecule has 0 amide bonds. The summed E-state index contributed by atoms with van der Waals surface area (Å²) in [5, 5.41) is 0. The third-order valence-corrected chi connectivity index (χ3v) is 4.87. The van der Waals surface area contributed by atoms with E-state index in [1.807, 2.05) is 32.9 Å². The number of aromatic nitrogens is 1. The molecule has 1 aromatic heterocycles. The van der Waals surface area contributed by atoms with Gasteiger partial charge in [0.1, 0.15) is 5.52 Å². The molecule has 0 saturated carbocycles. The zero-order valence-electron chi connectivity index (χ0n) is 12.5. The molecule has 0 unspecified atom stereocenters. The smallest absolute Gasteiger partial charge is 0.262 e. The molecule has 114 valence electrons. The molecule has 22 heavy (non-hydrogen) atoms. The molecular weight excluding hydrogens is 300 g/mol. The van der Waals surface area contributed by atoms with E-state index < -0.39 is 10.0 Å². The number of aryl methyl sites for hydroxylation is 3. The Balaban J connectivity index is 2.03. The Morgan fingerprint density at radius 2 is 1.73 bits per heavy atom. The van der Waals surface area contributed by atoms with Crippen molar-refractivity contribution in [3.8, 4) is 0 Å². The molecule has 3 aromatic rings. The lowest BCUT2D eigenvalue weighted by atomic mass is 10.1. The summed E-state index contributed by atoms with van der Waals surface area (Å²) in [6, 6.07) is 8.52. The molecule has 0 aliphatic carbocycles. The van der Waals surface area contributed by atoms with E-state index in [4.69, 9.17) is 4.42 Å². The zero-order chi connectivity index (χ0) is 15.9. The van der Waals surface area contributed by atoms with Gasteiger partial charge in [0.15, 0.2) is 12.0 Å². The van der Waals surface area contributed by atoms with Gasteiger partial charge in [-0.2, -0.15) is 0 Å². The third-order valence-electron chi connectivity index (χ3n) is 3.53. The third kappa shape index (κ3) is 2.57. The number of benzene rings is 2. The van der Waals surface area contributed by atoms with Gasteiger partial charge < -0.3 is 4.42 Å². The molecule has 0 saturated heterocycles. The topological polar surface area (TPSA) is 72.2 Å². The van der Waals surface area contributed by atoms with Crippen LogP contribution in [0.2, 0.25) is 0 Å². The van der Waals surface area contributed by atoms with Crippen molar-refractivity contribution in [1.82, 2.24) is 4.98 Å². The zero-order valence-corrected chi connectivity index (χ0v) is 13.4. The van der Waals surface area contributed by atoms with Crippen LogP contribution in [0.1, 0.15) is 16.7 Å². The molecule has 1 heterocycles. The first-order valence-corrected chi connectivity index (χ1v) is 8.29. The molecule has 0 atom stereocenters. The van der Waals surface area contributed by atoms with Gasteiger partial charge in [-0.25, -0.2) is 13.4 Å². The fourth-order valence-corrected chi connectivity index (χ4v) is 3.75. The Morgan fingerprint density at radius 1 is 1.05 bits per heavy atom. The number of anilines is 1. The second-order valence-corrected chi connectivity index (χ2v) is 7.04. The fraction of sp³-hybridized carbons (Fsp3) is 0.188. The molecule has 5 nitrogen and oxygen atoms in total. The van der Waals surface area contributed by atoms with Crippen molar-refractivity contribution in [3.05, 3.63) is 53.4 Å². The van der Waals surface area contributed by atoms with Crippen LogP contribution in [0.4, 0.5) is 5.69 Å². The first-order valence-electron chi connectivity index (χ1n) is 6.81. The Labute approximate surface area is 129 Å². The number of rotatable bonds is 3. The van der Waals surface area contributed by atoms with Gasteiger partial charge in [0.25, 0.3) is 10.0 Å². The highest BCUT2D eigenvalue weighted by molar-refractivity contribution is 7.92. The summed E-state index contributed by atoms with van der Waals surface area (Å²) < 4.78 is 33.0. The van der Waals surface area contributed by atoms with Crippen LogP contribution in [0, 0.1) is 20.8 Å². The van der Waals surface area contributed by atoms with Crippen LogP contribution in [-0.4, -0.2) is 13.4 Å². The average molecular weight is 316 g/mol. The second-order valence-electron chi connectivity index (χ2n) is 5.36. The summed E-state index contributed by atoms with van der Waals surface area (Å²) in [5.41, 5.74) is 4.56. The van der Waals surface area contributed by atoms with Crippen molar-refractivity contribution >= 4 is 26.8 Å². The number of nitrogens with one attached hydrogen (secondary N) is 1. The van der Waals surface area contributed by atoms with Crippen molar-refractivity contribution in [2.45, 2.75) is 25.7 Å². The molecule has 3 rings (SSSR count). The highest BCUT2D eigenvalue weighted by Crippen LogP contribution is 2.26. The second kappa shape index (κ2) is 5.14. The van der Waals surface area contributed by atoms with E-state index in [1.165, 1.54) is 18.5 Å². The maximum Gasteiger partial charge on any atom is 0.262 e. The maximum atomic E-state index is 12.6. The minimum absolute atomic E-state index is 0.149.